The van der Waals surface area contributed by atoms with Gasteiger partial charge in [-0.05, 0) is 69.0 Å². The van der Waals surface area contributed by atoms with Crippen molar-refractivity contribution in [3.05, 3.63) is 44.3 Å². The lowest BCUT2D eigenvalue weighted by Gasteiger charge is -2.17. The Balaban J connectivity index is 2.48. The molecular weight excluding hydrogens is 498 g/mol. The summed E-state index contributed by atoms with van der Waals surface area (Å²) in [6.07, 6.45) is 0. The molecule has 0 unspecified atom stereocenters. The van der Waals surface area contributed by atoms with Crippen LogP contribution in [0.3, 0.4) is 0 Å². The molecule has 0 heterocycles. The standard InChI is InChI=1S/C19H17Br2NO6/c1-8(2)11-7-16(12(9(3)23)6-15(11)24)28-17-13(20)4-10(5-14(17)21)22-18(25)19(26)27/h4-8,24H,1-3H3,(H,22,25)(H,26,27). The van der Waals surface area contributed by atoms with Gasteiger partial charge in [-0.1, -0.05) is 13.8 Å². The summed E-state index contributed by atoms with van der Waals surface area (Å²) < 4.78 is 6.76. The molecule has 1 amide bonds. The maximum atomic E-state index is 12.0. The average Bonchev–Trinajstić information content (AvgIpc) is 2.58. The number of halogens is 2. The van der Waals surface area contributed by atoms with Gasteiger partial charge in [-0.15, -0.1) is 0 Å². The molecule has 28 heavy (non-hydrogen) atoms. The number of phenolic OH excluding ortho intramolecular Hbond substituents is 1. The number of carbonyl (C=O) groups excluding carboxylic acids is 2. The summed E-state index contributed by atoms with van der Waals surface area (Å²) in [6, 6.07) is 5.92. The van der Waals surface area contributed by atoms with E-state index in [0.717, 1.165) is 0 Å². The summed E-state index contributed by atoms with van der Waals surface area (Å²) >= 11 is 6.64. The van der Waals surface area contributed by atoms with Crippen LogP contribution in [0.4, 0.5) is 5.69 Å². The van der Waals surface area contributed by atoms with Crippen molar-refractivity contribution in [1.29, 1.82) is 0 Å². The van der Waals surface area contributed by atoms with Crippen LogP contribution in [0.1, 0.15) is 42.6 Å². The summed E-state index contributed by atoms with van der Waals surface area (Å²) in [6.45, 7) is 5.17. The molecule has 0 fully saturated rings. The highest BCUT2D eigenvalue weighted by molar-refractivity contribution is 9.11. The highest BCUT2D eigenvalue weighted by atomic mass is 79.9. The van der Waals surface area contributed by atoms with E-state index in [0.29, 0.717) is 20.3 Å². The zero-order chi connectivity index (χ0) is 21.2. The third-order valence-electron chi connectivity index (χ3n) is 3.79. The minimum atomic E-state index is -1.61. The van der Waals surface area contributed by atoms with Gasteiger partial charge in [0.1, 0.15) is 11.5 Å². The number of benzene rings is 2. The number of hydrogen-bond donors (Lipinski definition) is 3. The lowest BCUT2D eigenvalue weighted by atomic mass is 9.98. The summed E-state index contributed by atoms with van der Waals surface area (Å²) in [5.74, 6) is -2.47. The Morgan fingerprint density at radius 1 is 1.07 bits per heavy atom. The molecule has 3 N–H and O–H groups in total. The zero-order valence-corrected chi connectivity index (χ0v) is 18.3. The maximum Gasteiger partial charge on any atom is 0.394 e. The van der Waals surface area contributed by atoms with E-state index in [9.17, 15) is 19.5 Å². The number of ether oxygens (including phenoxy) is 1. The van der Waals surface area contributed by atoms with Crippen LogP contribution < -0.4 is 10.1 Å². The second kappa shape index (κ2) is 8.74. The first-order valence-corrected chi connectivity index (χ1v) is 9.68. The van der Waals surface area contributed by atoms with Crippen LogP contribution in [-0.2, 0) is 9.59 Å². The van der Waals surface area contributed by atoms with Crippen molar-refractivity contribution in [1.82, 2.24) is 0 Å². The van der Waals surface area contributed by atoms with Gasteiger partial charge in [0.15, 0.2) is 11.5 Å². The fourth-order valence-corrected chi connectivity index (χ4v) is 3.78. The van der Waals surface area contributed by atoms with Crippen molar-refractivity contribution < 1.29 is 29.3 Å². The molecule has 0 bridgehead atoms. The van der Waals surface area contributed by atoms with Gasteiger partial charge in [0.05, 0.1) is 14.5 Å². The van der Waals surface area contributed by atoms with Crippen molar-refractivity contribution in [2.45, 2.75) is 26.7 Å². The molecule has 2 aromatic rings. The Kier molecular flexibility index (Phi) is 6.84. The maximum absolute atomic E-state index is 12.0. The van der Waals surface area contributed by atoms with Gasteiger partial charge < -0.3 is 20.3 Å². The molecule has 148 valence electrons. The van der Waals surface area contributed by atoms with Crippen molar-refractivity contribution in [3.63, 3.8) is 0 Å². The molecule has 7 nitrogen and oxygen atoms in total. The minimum Gasteiger partial charge on any atom is -0.508 e. The first-order chi connectivity index (χ1) is 13.0. The second-order valence-electron chi connectivity index (χ2n) is 6.25. The molecule has 0 aliphatic rings. The Bertz CT molecular complexity index is 948. The van der Waals surface area contributed by atoms with Crippen LogP contribution in [0.15, 0.2) is 33.2 Å². The van der Waals surface area contributed by atoms with E-state index in [2.05, 4.69) is 37.2 Å². The Morgan fingerprint density at radius 2 is 1.64 bits per heavy atom. The molecule has 9 heteroatoms. The molecule has 0 aliphatic heterocycles. The molecule has 0 aromatic heterocycles. The number of nitrogens with one attached hydrogen (secondary N) is 1. The highest BCUT2D eigenvalue weighted by Crippen LogP contribution is 2.42. The number of amides is 1. The van der Waals surface area contributed by atoms with Gasteiger partial charge in [-0.3, -0.25) is 9.59 Å². The third-order valence-corrected chi connectivity index (χ3v) is 4.97. The highest BCUT2D eigenvalue weighted by Gasteiger charge is 2.20. The number of rotatable bonds is 5. The number of ketones is 1. The smallest absolute Gasteiger partial charge is 0.394 e. The van der Waals surface area contributed by atoms with E-state index < -0.39 is 11.9 Å². The molecule has 2 rings (SSSR count). The largest absolute Gasteiger partial charge is 0.508 e. The fraction of sp³-hybridized carbons (Fsp3) is 0.211. The number of Topliss-reactive ketones (excluding diaryl/α,β-unsaturated/α-hetero) is 1. The van der Waals surface area contributed by atoms with E-state index in [4.69, 9.17) is 9.84 Å². The molecule has 0 saturated heterocycles. The van der Waals surface area contributed by atoms with Gasteiger partial charge in [-0.25, -0.2) is 4.79 Å². The average molecular weight is 515 g/mol. The number of carbonyl (C=O) groups is 3. The second-order valence-corrected chi connectivity index (χ2v) is 7.96. The predicted molar refractivity (Wildman–Crippen MR) is 110 cm³/mol. The van der Waals surface area contributed by atoms with Gasteiger partial charge in [0, 0.05) is 11.3 Å². The molecule has 0 radical (unpaired) electrons. The minimum absolute atomic E-state index is 0.00356. The first kappa shape index (κ1) is 21.9. The van der Waals surface area contributed by atoms with Gasteiger partial charge in [0.25, 0.3) is 0 Å². The van der Waals surface area contributed by atoms with Crippen LogP contribution in [0.25, 0.3) is 0 Å². The number of hydrogen-bond acceptors (Lipinski definition) is 5. The van der Waals surface area contributed by atoms with Crippen molar-refractivity contribution >= 4 is 55.2 Å². The van der Waals surface area contributed by atoms with Gasteiger partial charge in [-0.2, -0.15) is 0 Å². The number of anilines is 1. The summed E-state index contributed by atoms with van der Waals surface area (Å²) in [5.41, 5.74) is 1.07. The number of carboxylic acids is 1. The molecular formula is C19H17Br2NO6. The van der Waals surface area contributed by atoms with Crippen molar-refractivity contribution in [3.8, 4) is 17.2 Å². The summed E-state index contributed by atoms with van der Waals surface area (Å²) in [7, 11) is 0. The number of aliphatic carboxylic acids is 1. The van der Waals surface area contributed by atoms with Crippen molar-refractivity contribution in [2.24, 2.45) is 0 Å². The Morgan fingerprint density at radius 3 is 2.11 bits per heavy atom. The molecule has 0 aliphatic carbocycles. The fourth-order valence-electron chi connectivity index (χ4n) is 2.43. The molecule has 0 saturated carbocycles. The molecule has 0 spiro atoms. The predicted octanol–water partition coefficient (Wildman–Crippen LogP) is 5.06. The van der Waals surface area contributed by atoms with Gasteiger partial charge in [0.2, 0.25) is 0 Å². The number of carboxylic acid groups (broad SMARTS) is 1. The van der Waals surface area contributed by atoms with E-state index in [1.54, 1.807) is 6.07 Å². The number of phenols is 1. The van der Waals surface area contributed by atoms with Crippen LogP contribution >= 0.6 is 31.9 Å². The van der Waals surface area contributed by atoms with Crippen LogP contribution in [-0.4, -0.2) is 27.9 Å². The van der Waals surface area contributed by atoms with Crippen LogP contribution in [0.2, 0.25) is 0 Å². The molecule has 0 atom stereocenters. The quantitative estimate of drug-likeness (QED) is 0.379. The van der Waals surface area contributed by atoms with E-state index in [-0.39, 0.29) is 34.5 Å². The lowest BCUT2D eigenvalue weighted by Crippen LogP contribution is -2.21. The van der Waals surface area contributed by atoms with Gasteiger partial charge >= 0.3 is 11.9 Å². The van der Waals surface area contributed by atoms with Crippen LogP contribution in [0, 0.1) is 0 Å². The summed E-state index contributed by atoms with van der Waals surface area (Å²) in [4.78, 5) is 34.0. The molecule has 2 aromatic carbocycles. The topological polar surface area (TPSA) is 113 Å². The monoisotopic (exact) mass is 513 g/mol. The first-order valence-electron chi connectivity index (χ1n) is 8.10. The lowest BCUT2D eigenvalue weighted by molar-refractivity contribution is -0.147. The number of aromatic hydroxyl groups is 1. The Labute approximate surface area is 178 Å². The normalized spacial score (nSPS) is 10.6. The SMILES string of the molecule is CC(=O)c1cc(O)c(C(C)C)cc1Oc1c(Br)cc(NC(=O)C(=O)O)cc1Br. The van der Waals surface area contributed by atoms with E-state index in [1.165, 1.54) is 25.1 Å². The van der Waals surface area contributed by atoms with E-state index >= 15 is 0 Å². The zero-order valence-electron chi connectivity index (χ0n) is 15.2. The summed E-state index contributed by atoms with van der Waals surface area (Å²) in [5, 5.41) is 21.1. The van der Waals surface area contributed by atoms with E-state index in [1.807, 2.05) is 13.8 Å². The third kappa shape index (κ3) is 4.90. The van der Waals surface area contributed by atoms with Crippen LogP contribution in [0.5, 0.6) is 17.2 Å². The van der Waals surface area contributed by atoms with Crippen molar-refractivity contribution in [2.75, 3.05) is 5.32 Å². The Hall–Kier alpha value is -2.39.